The molecule has 34 heavy (non-hydrogen) atoms. The third-order valence-electron chi connectivity index (χ3n) is 6.70. The standard InChI is InChI=1S/C28H29FN4O/c1-20(21-7-3-2-4-8-21)30-28(34)22-15-17-32(18-16-22)19-27-31-25-9-5-6-10-26(25)33(27)24-13-11-23(29)12-14-24/h2-14,20,22H,15-19H2,1H3,(H,30,34)/t20-/m1/s1. The van der Waals surface area contributed by atoms with Crippen molar-refractivity contribution in [2.24, 2.45) is 5.92 Å². The lowest BCUT2D eigenvalue weighted by molar-refractivity contribution is -0.127. The van der Waals surface area contributed by atoms with Gasteiger partial charge in [-0.15, -0.1) is 0 Å². The van der Waals surface area contributed by atoms with E-state index < -0.39 is 0 Å². The molecule has 0 unspecified atom stereocenters. The molecule has 0 aliphatic carbocycles. The lowest BCUT2D eigenvalue weighted by Crippen LogP contribution is -2.41. The molecule has 1 aromatic heterocycles. The van der Waals surface area contributed by atoms with Crippen LogP contribution in [0.25, 0.3) is 16.7 Å². The van der Waals surface area contributed by atoms with Crippen molar-refractivity contribution in [2.75, 3.05) is 13.1 Å². The van der Waals surface area contributed by atoms with Gasteiger partial charge in [-0.1, -0.05) is 42.5 Å². The molecule has 3 aromatic carbocycles. The minimum absolute atomic E-state index is 0.00217. The molecule has 5 rings (SSSR count). The maximum Gasteiger partial charge on any atom is 0.223 e. The summed E-state index contributed by atoms with van der Waals surface area (Å²) in [5, 5.41) is 3.18. The van der Waals surface area contributed by atoms with Crippen LogP contribution in [0, 0.1) is 11.7 Å². The molecule has 2 heterocycles. The number of fused-ring (bicyclic) bond motifs is 1. The van der Waals surface area contributed by atoms with Gasteiger partial charge in [-0.3, -0.25) is 14.3 Å². The van der Waals surface area contributed by atoms with Crippen LogP contribution in [0.2, 0.25) is 0 Å². The van der Waals surface area contributed by atoms with Crippen LogP contribution in [0.15, 0.2) is 78.9 Å². The van der Waals surface area contributed by atoms with Crippen molar-refractivity contribution in [1.82, 2.24) is 19.8 Å². The van der Waals surface area contributed by atoms with Crippen LogP contribution in [0.1, 0.15) is 37.2 Å². The van der Waals surface area contributed by atoms with Gasteiger partial charge >= 0.3 is 0 Å². The monoisotopic (exact) mass is 456 g/mol. The van der Waals surface area contributed by atoms with Gasteiger partial charge in [-0.2, -0.15) is 0 Å². The highest BCUT2D eigenvalue weighted by atomic mass is 19.1. The Morgan fingerprint density at radius 1 is 1.00 bits per heavy atom. The van der Waals surface area contributed by atoms with Crippen LogP contribution in [0.3, 0.4) is 0 Å². The number of halogens is 1. The van der Waals surface area contributed by atoms with E-state index in [-0.39, 0.29) is 23.7 Å². The molecule has 0 spiro atoms. The van der Waals surface area contributed by atoms with Gasteiger partial charge in [0, 0.05) is 11.6 Å². The zero-order valence-corrected chi connectivity index (χ0v) is 19.3. The van der Waals surface area contributed by atoms with Crippen LogP contribution in [-0.4, -0.2) is 33.4 Å². The molecular weight excluding hydrogens is 427 g/mol. The Morgan fingerprint density at radius 3 is 2.41 bits per heavy atom. The van der Waals surface area contributed by atoms with Crippen molar-refractivity contribution in [3.8, 4) is 5.69 Å². The third-order valence-corrected chi connectivity index (χ3v) is 6.70. The largest absolute Gasteiger partial charge is 0.349 e. The lowest BCUT2D eigenvalue weighted by Gasteiger charge is -2.31. The molecule has 1 amide bonds. The molecule has 1 fully saturated rings. The topological polar surface area (TPSA) is 50.2 Å². The minimum Gasteiger partial charge on any atom is -0.349 e. The molecule has 1 aliphatic heterocycles. The Kier molecular flexibility index (Phi) is 6.41. The number of likely N-dealkylation sites (tertiary alicyclic amines) is 1. The van der Waals surface area contributed by atoms with E-state index in [4.69, 9.17) is 4.98 Å². The number of carbonyl (C=O) groups excluding carboxylic acids is 1. The Hall–Kier alpha value is -3.51. The number of nitrogens with one attached hydrogen (secondary N) is 1. The summed E-state index contributed by atoms with van der Waals surface area (Å²) in [6, 6.07) is 24.6. The van der Waals surface area contributed by atoms with Crippen LogP contribution < -0.4 is 5.32 Å². The highest BCUT2D eigenvalue weighted by Gasteiger charge is 2.27. The number of carbonyl (C=O) groups is 1. The molecule has 0 radical (unpaired) electrons. The number of aromatic nitrogens is 2. The Balaban J connectivity index is 1.26. The van der Waals surface area contributed by atoms with Crippen LogP contribution >= 0.6 is 0 Å². The van der Waals surface area contributed by atoms with Gasteiger partial charge in [0.05, 0.1) is 23.6 Å². The first kappa shape index (κ1) is 22.3. The van der Waals surface area contributed by atoms with Crippen molar-refractivity contribution in [3.05, 3.63) is 96.1 Å². The molecule has 1 aliphatic rings. The Bertz CT molecular complexity index is 1260. The summed E-state index contributed by atoms with van der Waals surface area (Å²) in [4.78, 5) is 20.1. The van der Waals surface area contributed by atoms with E-state index in [1.807, 2.05) is 61.5 Å². The maximum atomic E-state index is 13.5. The quantitative estimate of drug-likeness (QED) is 0.431. The van der Waals surface area contributed by atoms with E-state index in [0.717, 1.165) is 54.0 Å². The summed E-state index contributed by atoms with van der Waals surface area (Å²) in [5.74, 6) is 0.831. The van der Waals surface area contributed by atoms with E-state index >= 15 is 0 Å². The molecule has 0 bridgehead atoms. The normalized spacial score (nSPS) is 15.9. The summed E-state index contributed by atoms with van der Waals surface area (Å²) in [6.07, 6.45) is 1.65. The predicted octanol–water partition coefficient (Wildman–Crippen LogP) is 5.25. The average molecular weight is 457 g/mol. The van der Waals surface area contributed by atoms with E-state index in [0.29, 0.717) is 6.54 Å². The van der Waals surface area contributed by atoms with Crippen molar-refractivity contribution in [2.45, 2.75) is 32.4 Å². The van der Waals surface area contributed by atoms with Gasteiger partial charge in [0.2, 0.25) is 5.91 Å². The molecule has 5 nitrogen and oxygen atoms in total. The number of rotatable bonds is 6. The Morgan fingerprint density at radius 2 is 1.68 bits per heavy atom. The third kappa shape index (κ3) is 4.73. The molecule has 4 aromatic rings. The molecular formula is C28H29FN4O. The minimum atomic E-state index is -0.253. The lowest BCUT2D eigenvalue weighted by atomic mass is 9.95. The van der Waals surface area contributed by atoms with Crippen molar-refractivity contribution >= 4 is 16.9 Å². The second-order valence-electron chi connectivity index (χ2n) is 9.02. The number of hydrogen-bond acceptors (Lipinski definition) is 3. The molecule has 0 saturated carbocycles. The van der Waals surface area contributed by atoms with Gasteiger partial charge in [0.25, 0.3) is 0 Å². The zero-order valence-electron chi connectivity index (χ0n) is 19.3. The number of imidazole rings is 1. The maximum absolute atomic E-state index is 13.5. The highest BCUT2D eigenvalue weighted by molar-refractivity contribution is 5.79. The Labute approximate surface area is 199 Å². The first-order chi connectivity index (χ1) is 16.6. The predicted molar refractivity (Wildman–Crippen MR) is 132 cm³/mol. The first-order valence-electron chi connectivity index (χ1n) is 11.9. The average Bonchev–Trinajstić information content (AvgIpc) is 3.23. The summed E-state index contributed by atoms with van der Waals surface area (Å²) >= 11 is 0. The second kappa shape index (κ2) is 9.77. The van der Waals surface area contributed by atoms with Crippen LogP contribution in [-0.2, 0) is 11.3 Å². The second-order valence-corrected chi connectivity index (χ2v) is 9.02. The van der Waals surface area contributed by atoms with E-state index in [1.165, 1.54) is 12.1 Å². The molecule has 1 N–H and O–H groups in total. The van der Waals surface area contributed by atoms with Crippen molar-refractivity contribution < 1.29 is 9.18 Å². The number of para-hydroxylation sites is 2. The number of benzene rings is 3. The highest BCUT2D eigenvalue weighted by Crippen LogP contribution is 2.25. The van der Waals surface area contributed by atoms with E-state index in [9.17, 15) is 9.18 Å². The van der Waals surface area contributed by atoms with Gasteiger partial charge in [-0.05, 0) is 74.8 Å². The number of hydrogen-bond donors (Lipinski definition) is 1. The van der Waals surface area contributed by atoms with Crippen molar-refractivity contribution in [3.63, 3.8) is 0 Å². The summed E-state index contributed by atoms with van der Waals surface area (Å²) in [6.45, 7) is 4.39. The van der Waals surface area contributed by atoms with Gasteiger partial charge < -0.3 is 5.32 Å². The van der Waals surface area contributed by atoms with Crippen LogP contribution in [0.4, 0.5) is 4.39 Å². The SMILES string of the molecule is C[C@@H](NC(=O)C1CCN(Cc2nc3ccccc3n2-c2ccc(F)cc2)CC1)c1ccccc1. The van der Waals surface area contributed by atoms with E-state index in [2.05, 4.69) is 14.8 Å². The fourth-order valence-corrected chi connectivity index (χ4v) is 4.77. The van der Waals surface area contributed by atoms with Gasteiger partial charge in [0.15, 0.2) is 0 Å². The van der Waals surface area contributed by atoms with Gasteiger partial charge in [-0.25, -0.2) is 9.37 Å². The number of amides is 1. The summed E-state index contributed by atoms with van der Waals surface area (Å²) in [7, 11) is 0. The van der Waals surface area contributed by atoms with Crippen molar-refractivity contribution in [1.29, 1.82) is 0 Å². The number of nitrogens with zero attached hydrogens (tertiary/aromatic N) is 3. The number of piperidine rings is 1. The smallest absolute Gasteiger partial charge is 0.223 e. The first-order valence-corrected chi connectivity index (χ1v) is 11.9. The molecule has 1 atom stereocenters. The molecule has 1 saturated heterocycles. The zero-order chi connectivity index (χ0) is 23.5. The fourth-order valence-electron chi connectivity index (χ4n) is 4.77. The molecule has 6 heteroatoms. The van der Waals surface area contributed by atoms with Gasteiger partial charge in [0.1, 0.15) is 11.6 Å². The summed E-state index contributed by atoms with van der Waals surface area (Å²) < 4.78 is 15.6. The summed E-state index contributed by atoms with van der Waals surface area (Å²) in [5.41, 5.74) is 3.95. The van der Waals surface area contributed by atoms with Crippen LogP contribution in [0.5, 0.6) is 0 Å². The van der Waals surface area contributed by atoms with E-state index in [1.54, 1.807) is 12.1 Å². The molecule has 174 valence electrons. The fraction of sp³-hybridized carbons (Fsp3) is 0.286.